The molecule has 1 aromatic carbocycles. The average molecular weight is 220 g/mol. The van der Waals surface area contributed by atoms with Crippen molar-refractivity contribution in [3.05, 3.63) is 35.4 Å². The highest BCUT2D eigenvalue weighted by Gasteiger charge is 1.95. The predicted octanol–water partition coefficient (Wildman–Crippen LogP) is 2.67. The third kappa shape index (κ3) is 5.29. The molecule has 0 fully saturated rings. The Morgan fingerprint density at radius 3 is 2.31 bits per heavy atom. The Kier molecular flexibility index (Phi) is 6.12. The lowest BCUT2D eigenvalue weighted by molar-refractivity contribution is 0.527. The molecule has 90 valence electrons. The van der Waals surface area contributed by atoms with Crippen LogP contribution in [-0.4, -0.2) is 6.54 Å². The van der Waals surface area contributed by atoms with Crippen LogP contribution in [0, 0.1) is 5.92 Å². The van der Waals surface area contributed by atoms with Gasteiger partial charge < -0.3 is 11.1 Å². The summed E-state index contributed by atoms with van der Waals surface area (Å²) in [6.45, 7) is 7.24. The zero-order chi connectivity index (χ0) is 11.8. The molecule has 0 aliphatic heterocycles. The van der Waals surface area contributed by atoms with Crippen molar-refractivity contribution in [1.29, 1.82) is 0 Å². The van der Waals surface area contributed by atoms with Crippen LogP contribution < -0.4 is 11.1 Å². The number of nitrogens with one attached hydrogen (secondary N) is 1. The van der Waals surface area contributed by atoms with E-state index in [1.54, 1.807) is 0 Å². The van der Waals surface area contributed by atoms with Gasteiger partial charge in [-0.1, -0.05) is 38.1 Å². The van der Waals surface area contributed by atoms with Gasteiger partial charge in [0.25, 0.3) is 0 Å². The second-order valence-corrected chi connectivity index (χ2v) is 4.73. The van der Waals surface area contributed by atoms with Crippen LogP contribution in [0.1, 0.15) is 37.8 Å². The molecule has 0 saturated heterocycles. The van der Waals surface area contributed by atoms with Crippen molar-refractivity contribution < 1.29 is 0 Å². The van der Waals surface area contributed by atoms with Crippen LogP contribution in [0.4, 0.5) is 0 Å². The van der Waals surface area contributed by atoms with Gasteiger partial charge in [0.15, 0.2) is 0 Å². The highest BCUT2D eigenvalue weighted by molar-refractivity contribution is 5.22. The topological polar surface area (TPSA) is 38.0 Å². The molecule has 2 heteroatoms. The van der Waals surface area contributed by atoms with Gasteiger partial charge in [0.05, 0.1) is 0 Å². The van der Waals surface area contributed by atoms with E-state index >= 15 is 0 Å². The molecule has 3 N–H and O–H groups in total. The largest absolute Gasteiger partial charge is 0.326 e. The van der Waals surface area contributed by atoms with Crippen molar-refractivity contribution in [1.82, 2.24) is 5.32 Å². The van der Waals surface area contributed by atoms with Crippen LogP contribution in [0.25, 0.3) is 0 Å². The van der Waals surface area contributed by atoms with E-state index in [9.17, 15) is 0 Å². The number of hydrogen-bond donors (Lipinski definition) is 2. The van der Waals surface area contributed by atoms with E-state index in [0.29, 0.717) is 6.54 Å². The standard InChI is InChI=1S/C14H24N2/c1-12(2)4-3-9-16-11-14-7-5-13(10-15)6-8-14/h5-8,12,16H,3-4,9-11,15H2,1-2H3. The maximum absolute atomic E-state index is 5.55. The summed E-state index contributed by atoms with van der Waals surface area (Å²) < 4.78 is 0. The molecule has 0 spiro atoms. The number of nitrogens with two attached hydrogens (primary N) is 1. The molecule has 0 bridgehead atoms. The van der Waals surface area contributed by atoms with Crippen molar-refractivity contribution in [3.8, 4) is 0 Å². The number of benzene rings is 1. The second kappa shape index (κ2) is 7.42. The Morgan fingerprint density at radius 2 is 1.75 bits per heavy atom. The first-order valence-electron chi connectivity index (χ1n) is 6.21. The summed E-state index contributed by atoms with van der Waals surface area (Å²) in [4.78, 5) is 0. The minimum atomic E-state index is 0.627. The van der Waals surface area contributed by atoms with Gasteiger partial charge in [0.2, 0.25) is 0 Å². The molecular weight excluding hydrogens is 196 g/mol. The summed E-state index contributed by atoms with van der Waals surface area (Å²) in [5.74, 6) is 0.811. The third-order valence-electron chi connectivity index (χ3n) is 2.72. The van der Waals surface area contributed by atoms with Crippen molar-refractivity contribution in [3.63, 3.8) is 0 Å². The summed E-state index contributed by atoms with van der Waals surface area (Å²) in [7, 11) is 0. The highest BCUT2D eigenvalue weighted by atomic mass is 14.8. The Morgan fingerprint density at radius 1 is 1.12 bits per heavy atom. The van der Waals surface area contributed by atoms with Crippen molar-refractivity contribution >= 4 is 0 Å². The van der Waals surface area contributed by atoms with E-state index in [4.69, 9.17) is 5.73 Å². The molecule has 16 heavy (non-hydrogen) atoms. The smallest absolute Gasteiger partial charge is 0.0205 e. The van der Waals surface area contributed by atoms with Gasteiger partial charge >= 0.3 is 0 Å². The van der Waals surface area contributed by atoms with Crippen LogP contribution in [-0.2, 0) is 13.1 Å². The van der Waals surface area contributed by atoms with E-state index in [2.05, 4.69) is 43.4 Å². The first-order chi connectivity index (χ1) is 7.72. The minimum Gasteiger partial charge on any atom is -0.326 e. The maximum Gasteiger partial charge on any atom is 0.0205 e. The first kappa shape index (κ1) is 13.2. The van der Waals surface area contributed by atoms with Gasteiger partial charge in [0, 0.05) is 13.1 Å². The molecule has 0 heterocycles. The fraction of sp³-hybridized carbons (Fsp3) is 0.571. The number of rotatable bonds is 7. The Bertz CT molecular complexity index is 277. The predicted molar refractivity (Wildman–Crippen MR) is 70.1 cm³/mol. The normalized spacial score (nSPS) is 11.0. The van der Waals surface area contributed by atoms with Crippen molar-refractivity contribution in [2.24, 2.45) is 11.7 Å². The summed E-state index contributed by atoms with van der Waals surface area (Å²) in [6.07, 6.45) is 2.57. The average Bonchev–Trinajstić information content (AvgIpc) is 2.29. The van der Waals surface area contributed by atoms with Gasteiger partial charge in [-0.15, -0.1) is 0 Å². The van der Waals surface area contributed by atoms with E-state index < -0.39 is 0 Å². The Labute approximate surface area is 99.2 Å². The van der Waals surface area contributed by atoms with Crippen molar-refractivity contribution in [2.75, 3.05) is 6.54 Å². The molecular formula is C14H24N2. The molecule has 0 saturated carbocycles. The summed E-state index contributed by atoms with van der Waals surface area (Å²) in [6, 6.07) is 8.51. The molecule has 1 rings (SSSR count). The van der Waals surface area contributed by atoms with E-state index in [1.165, 1.54) is 24.0 Å². The minimum absolute atomic E-state index is 0.627. The van der Waals surface area contributed by atoms with E-state index in [1.807, 2.05) is 0 Å². The molecule has 0 radical (unpaired) electrons. The zero-order valence-electron chi connectivity index (χ0n) is 10.5. The Hall–Kier alpha value is -0.860. The highest BCUT2D eigenvalue weighted by Crippen LogP contribution is 2.04. The summed E-state index contributed by atoms with van der Waals surface area (Å²) in [5, 5.41) is 3.46. The molecule has 0 amide bonds. The van der Waals surface area contributed by atoms with Crippen LogP contribution in [0.2, 0.25) is 0 Å². The number of hydrogen-bond acceptors (Lipinski definition) is 2. The molecule has 0 aromatic heterocycles. The fourth-order valence-electron chi connectivity index (χ4n) is 1.66. The van der Waals surface area contributed by atoms with Gasteiger partial charge in [-0.05, 0) is 36.4 Å². The lowest BCUT2D eigenvalue weighted by Gasteiger charge is -2.07. The van der Waals surface area contributed by atoms with Crippen molar-refractivity contribution in [2.45, 2.75) is 39.8 Å². The maximum atomic E-state index is 5.55. The van der Waals surface area contributed by atoms with E-state index in [0.717, 1.165) is 19.0 Å². The third-order valence-corrected chi connectivity index (χ3v) is 2.72. The quantitative estimate of drug-likeness (QED) is 0.693. The molecule has 1 aromatic rings. The monoisotopic (exact) mass is 220 g/mol. The molecule has 0 aliphatic carbocycles. The first-order valence-corrected chi connectivity index (χ1v) is 6.21. The van der Waals surface area contributed by atoms with Gasteiger partial charge in [-0.3, -0.25) is 0 Å². The molecule has 0 unspecified atom stereocenters. The van der Waals surface area contributed by atoms with Gasteiger partial charge in [-0.25, -0.2) is 0 Å². The summed E-state index contributed by atoms with van der Waals surface area (Å²) >= 11 is 0. The fourth-order valence-corrected chi connectivity index (χ4v) is 1.66. The van der Waals surface area contributed by atoms with Crippen LogP contribution >= 0.6 is 0 Å². The van der Waals surface area contributed by atoms with Crippen LogP contribution in [0.3, 0.4) is 0 Å². The van der Waals surface area contributed by atoms with Gasteiger partial charge in [-0.2, -0.15) is 0 Å². The molecule has 0 atom stereocenters. The van der Waals surface area contributed by atoms with Crippen LogP contribution in [0.5, 0.6) is 0 Å². The summed E-state index contributed by atoms with van der Waals surface area (Å²) in [5.41, 5.74) is 8.08. The SMILES string of the molecule is CC(C)CCCNCc1ccc(CN)cc1. The second-order valence-electron chi connectivity index (χ2n) is 4.73. The lowest BCUT2D eigenvalue weighted by atomic mass is 10.1. The van der Waals surface area contributed by atoms with Gasteiger partial charge in [0.1, 0.15) is 0 Å². The zero-order valence-corrected chi connectivity index (χ0v) is 10.5. The lowest BCUT2D eigenvalue weighted by Crippen LogP contribution is -2.15. The van der Waals surface area contributed by atoms with Crippen LogP contribution in [0.15, 0.2) is 24.3 Å². The molecule has 0 aliphatic rings. The van der Waals surface area contributed by atoms with E-state index in [-0.39, 0.29) is 0 Å². The Balaban J connectivity index is 2.16. The molecule has 2 nitrogen and oxygen atoms in total.